The van der Waals surface area contributed by atoms with Gasteiger partial charge < -0.3 is 15.5 Å². The molecule has 1 aromatic rings. The van der Waals surface area contributed by atoms with E-state index in [2.05, 4.69) is 18.7 Å². The molecule has 2 saturated heterocycles. The zero-order valence-electron chi connectivity index (χ0n) is 16.3. The molecule has 1 aromatic carbocycles. The molecule has 2 N–H and O–H groups in total. The molecule has 7 nitrogen and oxygen atoms in total. The fraction of sp³-hybridized carbons (Fsp3) is 0.650. The van der Waals surface area contributed by atoms with Crippen molar-refractivity contribution in [1.29, 1.82) is 0 Å². The third-order valence-electron chi connectivity index (χ3n) is 5.86. The van der Waals surface area contributed by atoms with Crippen LogP contribution in [0.5, 0.6) is 0 Å². The number of likely N-dealkylation sites (tertiary alicyclic amines) is 1. The Bertz CT molecular complexity index is 690. The lowest BCUT2D eigenvalue weighted by molar-refractivity contribution is -0.384. The summed E-state index contributed by atoms with van der Waals surface area (Å²) in [5, 5.41) is 11.7. The van der Waals surface area contributed by atoms with E-state index in [9.17, 15) is 14.9 Å². The molecule has 7 heteroatoms. The lowest BCUT2D eigenvalue weighted by Gasteiger charge is -2.36. The van der Waals surface area contributed by atoms with E-state index in [0.29, 0.717) is 48.6 Å². The van der Waals surface area contributed by atoms with Gasteiger partial charge in [0.2, 0.25) is 0 Å². The van der Waals surface area contributed by atoms with Crippen LogP contribution in [0.1, 0.15) is 43.5 Å². The standard InChI is InChI=1S/C20H30N4O3/c1-14-9-15(2)13-23(12-14)18-4-3-17(10-19(18)24(26)27)20(25)22-7-5-16(11-21)6-8-22/h3-4,10,14-16H,5-9,11-13,21H2,1-2H3. The Balaban J connectivity index is 1.81. The van der Waals surface area contributed by atoms with Gasteiger partial charge in [0.25, 0.3) is 11.6 Å². The van der Waals surface area contributed by atoms with Crippen molar-refractivity contribution in [3.8, 4) is 0 Å². The molecule has 2 atom stereocenters. The molecule has 148 valence electrons. The predicted octanol–water partition coefficient (Wildman–Crippen LogP) is 2.89. The van der Waals surface area contributed by atoms with E-state index in [-0.39, 0.29) is 16.5 Å². The number of carbonyl (C=O) groups is 1. The van der Waals surface area contributed by atoms with E-state index in [1.165, 1.54) is 6.07 Å². The first-order valence-electron chi connectivity index (χ1n) is 9.91. The average molecular weight is 374 g/mol. The Hall–Kier alpha value is -2.15. The molecule has 2 fully saturated rings. The lowest BCUT2D eigenvalue weighted by Crippen LogP contribution is -2.40. The van der Waals surface area contributed by atoms with Crippen LogP contribution in [0.4, 0.5) is 11.4 Å². The lowest BCUT2D eigenvalue weighted by atomic mass is 9.91. The minimum atomic E-state index is -0.364. The van der Waals surface area contributed by atoms with Crippen molar-refractivity contribution in [3.05, 3.63) is 33.9 Å². The molecule has 0 spiro atoms. The second-order valence-electron chi connectivity index (χ2n) is 8.28. The maximum atomic E-state index is 12.8. The molecule has 2 unspecified atom stereocenters. The van der Waals surface area contributed by atoms with Crippen LogP contribution in [0.3, 0.4) is 0 Å². The zero-order chi connectivity index (χ0) is 19.6. The zero-order valence-corrected chi connectivity index (χ0v) is 16.3. The van der Waals surface area contributed by atoms with Crippen LogP contribution in [0, 0.1) is 27.9 Å². The highest BCUT2D eigenvalue weighted by Crippen LogP contribution is 2.34. The van der Waals surface area contributed by atoms with Crippen molar-refractivity contribution in [3.63, 3.8) is 0 Å². The molecule has 0 bridgehead atoms. The first-order chi connectivity index (χ1) is 12.9. The minimum Gasteiger partial charge on any atom is -0.365 e. The third-order valence-corrected chi connectivity index (χ3v) is 5.86. The second-order valence-corrected chi connectivity index (χ2v) is 8.28. The highest BCUT2D eigenvalue weighted by atomic mass is 16.6. The summed E-state index contributed by atoms with van der Waals surface area (Å²) in [7, 11) is 0. The molecular formula is C20H30N4O3. The van der Waals surface area contributed by atoms with Gasteiger partial charge in [-0.15, -0.1) is 0 Å². The summed E-state index contributed by atoms with van der Waals surface area (Å²) in [6.45, 7) is 7.95. The van der Waals surface area contributed by atoms with Crippen molar-refractivity contribution >= 4 is 17.3 Å². The fourth-order valence-corrected chi connectivity index (χ4v) is 4.48. The minimum absolute atomic E-state index is 0.0268. The maximum Gasteiger partial charge on any atom is 0.293 e. The molecule has 2 aliphatic heterocycles. The van der Waals surface area contributed by atoms with E-state index < -0.39 is 0 Å². The highest BCUT2D eigenvalue weighted by Gasteiger charge is 2.29. The number of anilines is 1. The Morgan fingerprint density at radius 3 is 2.41 bits per heavy atom. The Morgan fingerprint density at radius 2 is 1.85 bits per heavy atom. The van der Waals surface area contributed by atoms with E-state index in [4.69, 9.17) is 5.73 Å². The predicted molar refractivity (Wildman–Crippen MR) is 106 cm³/mol. The SMILES string of the molecule is CC1CC(C)CN(c2ccc(C(=O)N3CCC(CN)CC3)cc2[N+](=O)[O-])C1. The van der Waals surface area contributed by atoms with Crippen LogP contribution < -0.4 is 10.6 Å². The number of nitro groups is 1. The third kappa shape index (κ3) is 4.40. The smallest absolute Gasteiger partial charge is 0.293 e. The molecule has 2 aliphatic rings. The quantitative estimate of drug-likeness (QED) is 0.646. The van der Waals surface area contributed by atoms with Gasteiger partial charge >= 0.3 is 0 Å². The van der Waals surface area contributed by atoms with Gasteiger partial charge in [-0.05, 0) is 55.7 Å². The van der Waals surface area contributed by atoms with Gasteiger partial charge in [-0.3, -0.25) is 14.9 Å². The molecule has 0 aliphatic carbocycles. The van der Waals surface area contributed by atoms with Gasteiger partial charge in [0.15, 0.2) is 0 Å². The molecule has 27 heavy (non-hydrogen) atoms. The summed E-state index contributed by atoms with van der Waals surface area (Å²) in [6.07, 6.45) is 2.93. The van der Waals surface area contributed by atoms with Crippen LogP contribution >= 0.6 is 0 Å². The molecule has 0 radical (unpaired) electrons. The van der Waals surface area contributed by atoms with Gasteiger partial charge in [-0.2, -0.15) is 0 Å². The van der Waals surface area contributed by atoms with Gasteiger partial charge in [0, 0.05) is 37.8 Å². The van der Waals surface area contributed by atoms with Crippen LogP contribution in [-0.2, 0) is 0 Å². The van der Waals surface area contributed by atoms with Gasteiger partial charge in [0.05, 0.1) is 4.92 Å². The number of hydrogen-bond donors (Lipinski definition) is 1. The molecule has 1 amide bonds. The van der Waals surface area contributed by atoms with Crippen molar-refractivity contribution < 1.29 is 9.72 Å². The highest BCUT2D eigenvalue weighted by molar-refractivity contribution is 5.96. The Kier molecular flexibility index (Phi) is 5.99. The first kappa shape index (κ1) is 19.6. The maximum absolute atomic E-state index is 12.8. The van der Waals surface area contributed by atoms with Crippen LogP contribution in [0.2, 0.25) is 0 Å². The normalized spacial score (nSPS) is 24.1. The molecule has 0 aromatic heterocycles. The van der Waals surface area contributed by atoms with Gasteiger partial charge in [0.1, 0.15) is 5.69 Å². The van der Waals surface area contributed by atoms with Crippen LogP contribution in [0.25, 0.3) is 0 Å². The Labute approximate surface area is 160 Å². The monoisotopic (exact) mass is 374 g/mol. The summed E-state index contributed by atoms with van der Waals surface area (Å²) >= 11 is 0. The fourth-order valence-electron chi connectivity index (χ4n) is 4.48. The van der Waals surface area contributed by atoms with Gasteiger partial charge in [-0.25, -0.2) is 0 Å². The topological polar surface area (TPSA) is 92.7 Å². The van der Waals surface area contributed by atoms with E-state index >= 15 is 0 Å². The van der Waals surface area contributed by atoms with Crippen molar-refractivity contribution in [2.24, 2.45) is 23.5 Å². The Morgan fingerprint density at radius 1 is 1.22 bits per heavy atom. The number of benzene rings is 1. The summed E-state index contributed by atoms with van der Waals surface area (Å²) in [5.41, 5.74) is 6.76. The number of piperidine rings is 2. The molecule has 3 rings (SSSR count). The number of nitrogens with two attached hydrogens (primary N) is 1. The van der Waals surface area contributed by atoms with E-state index in [1.807, 2.05) is 0 Å². The number of rotatable bonds is 4. The van der Waals surface area contributed by atoms with E-state index in [0.717, 1.165) is 32.4 Å². The van der Waals surface area contributed by atoms with Crippen molar-refractivity contribution in [2.45, 2.75) is 33.1 Å². The number of hydrogen-bond acceptors (Lipinski definition) is 5. The van der Waals surface area contributed by atoms with Crippen molar-refractivity contribution in [1.82, 2.24) is 4.90 Å². The second kappa shape index (κ2) is 8.25. The number of nitro benzene ring substituents is 1. The number of amides is 1. The molecule has 0 saturated carbocycles. The van der Waals surface area contributed by atoms with Crippen molar-refractivity contribution in [2.75, 3.05) is 37.6 Å². The summed E-state index contributed by atoms with van der Waals surface area (Å²) in [5.74, 6) is 1.34. The average Bonchev–Trinajstić information content (AvgIpc) is 2.66. The van der Waals surface area contributed by atoms with Gasteiger partial charge in [-0.1, -0.05) is 13.8 Å². The molecule has 2 heterocycles. The first-order valence-corrected chi connectivity index (χ1v) is 9.91. The molecular weight excluding hydrogens is 344 g/mol. The van der Waals surface area contributed by atoms with Crippen LogP contribution in [-0.4, -0.2) is 48.5 Å². The van der Waals surface area contributed by atoms with E-state index in [1.54, 1.807) is 17.0 Å². The number of nitrogens with zero attached hydrogens (tertiary/aromatic N) is 3. The largest absolute Gasteiger partial charge is 0.365 e. The van der Waals surface area contributed by atoms with Crippen LogP contribution in [0.15, 0.2) is 18.2 Å². The number of carbonyl (C=O) groups excluding carboxylic acids is 1. The summed E-state index contributed by atoms with van der Waals surface area (Å²) < 4.78 is 0. The summed E-state index contributed by atoms with van der Waals surface area (Å²) in [6, 6.07) is 4.95. The summed E-state index contributed by atoms with van der Waals surface area (Å²) in [4.78, 5) is 28.0.